The first kappa shape index (κ1) is 12.7. The lowest BCUT2D eigenvalue weighted by atomic mass is 10.2. The van der Waals surface area contributed by atoms with Gasteiger partial charge >= 0.3 is 0 Å². The Bertz CT molecular complexity index is 500. The van der Waals surface area contributed by atoms with Gasteiger partial charge in [-0.2, -0.15) is 0 Å². The van der Waals surface area contributed by atoms with E-state index >= 15 is 0 Å². The summed E-state index contributed by atoms with van der Waals surface area (Å²) < 4.78 is 10.6. The maximum Gasteiger partial charge on any atom is 0.145 e. The first-order valence-electron chi connectivity index (χ1n) is 5.55. The average Bonchev–Trinajstić information content (AvgIpc) is 2.90. The molecular formula is C13H16N2O2S. The van der Waals surface area contributed by atoms with Crippen molar-refractivity contribution in [3.8, 4) is 11.5 Å². The summed E-state index contributed by atoms with van der Waals surface area (Å²) in [5, 5.41) is 2.05. The van der Waals surface area contributed by atoms with Crippen molar-refractivity contribution in [1.29, 1.82) is 0 Å². The molecular weight excluding hydrogens is 248 g/mol. The van der Waals surface area contributed by atoms with Crippen LogP contribution in [0, 0.1) is 0 Å². The third-order valence-corrected chi connectivity index (χ3v) is 3.32. The fourth-order valence-corrected chi connectivity index (χ4v) is 2.29. The molecule has 0 aliphatic carbocycles. The zero-order chi connectivity index (χ0) is 13.0. The van der Waals surface area contributed by atoms with E-state index in [-0.39, 0.29) is 0 Å². The van der Waals surface area contributed by atoms with E-state index in [0.717, 1.165) is 29.4 Å². The summed E-state index contributed by atoms with van der Waals surface area (Å²) in [5.74, 6) is 1.59. The van der Waals surface area contributed by atoms with Crippen molar-refractivity contribution in [3.05, 3.63) is 34.8 Å². The Balaban J connectivity index is 2.21. The van der Waals surface area contributed by atoms with Crippen LogP contribution in [0.25, 0.3) is 0 Å². The molecule has 0 N–H and O–H groups in total. The van der Waals surface area contributed by atoms with Crippen molar-refractivity contribution >= 4 is 17.0 Å². The topological polar surface area (TPSA) is 34.6 Å². The van der Waals surface area contributed by atoms with E-state index in [1.165, 1.54) is 0 Å². The van der Waals surface area contributed by atoms with Crippen LogP contribution in [0.15, 0.2) is 29.1 Å². The molecule has 5 heteroatoms. The molecule has 96 valence electrons. The normalized spacial score (nSPS) is 10.2. The quantitative estimate of drug-likeness (QED) is 0.831. The zero-order valence-electron chi connectivity index (χ0n) is 10.7. The molecule has 0 amide bonds. The maximum absolute atomic E-state index is 5.39. The van der Waals surface area contributed by atoms with Crippen molar-refractivity contribution in [2.45, 2.75) is 6.54 Å². The minimum absolute atomic E-state index is 0.756. The number of rotatable bonds is 5. The van der Waals surface area contributed by atoms with E-state index in [0.29, 0.717) is 0 Å². The number of benzene rings is 1. The standard InChI is InChI=1S/C13H16N2O2S/c1-15(7-10-8-18-9-14-10)12-5-4-11(16-2)6-13(12)17-3/h4-6,8-9H,7H2,1-3H3. The van der Waals surface area contributed by atoms with Gasteiger partial charge in [0.2, 0.25) is 0 Å². The Kier molecular flexibility index (Phi) is 4.04. The fraction of sp³-hybridized carbons (Fsp3) is 0.308. The Labute approximate surface area is 111 Å². The van der Waals surface area contributed by atoms with Gasteiger partial charge in [0.1, 0.15) is 11.5 Å². The number of anilines is 1. The lowest BCUT2D eigenvalue weighted by molar-refractivity contribution is 0.394. The Morgan fingerprint density at radius 3 is 2.72 bits per heavy atom. The van der Waals surface area contributed by atoms with Crippen molar-refractivity contribution in [3.63, 3.8) is 0 Å². The largest absolute Gasteiger partial charge is 0.497 e. The van der Waals surface area contributed by atoms with Crippen LogP contribution in [0.5, 0.6) is 11.5 Å². The van der Waals surface area contributed by atoms with E-state index in [1.54, 1.807) is 25.6 Å². The van der Waals surface area contributed by atoms with Gasteiger partial charge in [-0.1, -0.05) is 0 Å². The molecule has 0 radical (unpaired) electrons. The molecule has 0 aliphatic heterocycles. The maximum atomic E-state index is 5.39. The highest BCUT2D eigenvalue weighted by Gasteiger charge is 2.10. The number of nitrogens with zero attached hydrogens (tertiary/aromatic N) is 2. The van der Waals surface area contributed by atoms with Crippen LogP contribution >= 0.6 is 11.3 Å². The number of hydrogen-bond donors (Lipinski definition) is 0. The van der Waals surface area contributed by atoms with E-state index in [1.807, 2.05) is 36.1 Å². The van der Waals surface area contributed by atoms with Crippen LogP contribution < -0.4 is 14.4 Å². The SMILES string of the molecule is COc1ccc(N(C)Cc2cscn2)c(OC)c1. The van der Waals surface area contributed by atoms with Gasteiger partial charge in [-0.05, 0) is 12.1 Å². The molecule has 0 saturated carbocycles. The van der Waals surface area contributed by atoms with Gasteiger partial charge in [-0.25, -0.2) is 4.98 Å². The number of hydrogen-bond acceptors (Lipinski definition) is 5. The average molecular weight is 264 g/mol. The highest BCUT2D eigenvalue weighted by atomic mass is 32.1. The van der Waals surface area contributed by atoms with Gasteiger partial charge in [0, 0.05) is 18.5 Å². The van der Waals surface area contributed by atoms with Gasteiger partial charge in [0.25, 0.3) is 0 Å². The van der Waals surface area contributed by atoms with Gasteiger partial charge in [0.15, 0.2) is 0 Å². The van der Waals surface area contributed by atoms with Gasteiger partial charge in [-0.3, -0.25) is 0 Å². The molecule has 1 aromatic carbocycles. The highest BCUT2D eigenvalue weighted by molar-refractivity contribution is 7.07. The summed E-state index contributed by atoms with van der Waals surface area (Å²) in [4.78, 5) is 6.39. The van der Waals surface area contributed by atoms with E-state index in [9.17, 15) is 0 Å². The third-order valence-electron chi connectivity index (χ3n) is 2.68. The lowest BCUT2D eigenvalue weighted by Crippen LogP contribution is -2.17. The Hall–Kier alpha value is -1.75. The summed E-state index contributed by atoms with van der Waals surface area (Å²) >= 11 is 1.60. The summed E-state index contributed by atoms with van der Waals surface area (Å²) in [6, 6.07) is 5.80. The second-order valence-electron chi connectivity index (χ2n) is 3.87. The Morgan fingerprint density at radius 2 is 2.11 bits per heavy atom. The molecule has 1 heterocycles. The zero-order valence-corrected chi connectivity index (χ0v) is 11.5. The number of methoxy groups -OCH3 is 2. The summed E-state index contributed by atoms with van der Waals surface area (Å²) in [6.45, 7) is 0.756. The van der Waals surface area contributed by atoms with Gasteiger partial charge < -0.3 is 14.4 Å². The summed E-state index contributed by atoms with van der Waals surface area (Å²) in [7, 11) is 5.33. The second kappa shape index (κ2) is 5.73. The van der Waals surface area contributed by atoms with Crippen LogP contribution in [-0.4, -0.2) is 26.3 Å². The second-order valence-corrected chi connectivity index (χ2v) is 4.59. The van der Waals surface area contributed by atoms with Crippen LogP contribution in [0.3, 0.4) is 0 Å². The molecule has 2 aromatic rings. The third kappa shape index (κ3) is 2.73. The number of ether oxygens (including phenoxy) is 2. The first-order valence-corrected chi connectivity index (χ1v) is 6.49. The van der Waals surface area contributed by atoms with Crippen molar-refractivity contribution in [2.24, 2.45) is 0 Å². The van der Waals surface area contributed by atoms with Gasteiger partial charge in [-0.15, -0.1) is 11.3 Å². The molecule has 0 saturated heterocycles. The summed E-state index contributed by atoms with van der Waals surface area (Å²) in [5.41, 5.74) is 3.92. The minimum atomic E-state index is 0.756. The van der Waals surface area contributed by atoms with Crippen LogP contribution in [0.2, 0.25) is 0 Å². The van der Waals surface area contributed by atoms with Crippen molar-refractivity contribution in [2.75, 3.05) is 26.2 Å². The monoisotopic (exact) mass is 264 g/mol. The van der Waals surface area contributed by atoms with E-state index in [2.05, 4.69) is 9.88 Å². The van der Waals surface area contributed by atoms with Crippen LogP contribution in [-0.2, 0) is 6.54 Å². The van der Waals surface area contributed by atoms with Crippen LogP contribution in [0.1, 0.15) is 5.69 Å². The molecule has 4 nitrogen and oxygen atoms in total. The molecule has 2 rings (SSSR count). The molecule has 0 fully saturated rings. The predicted molar refractivity (Wildman–Crippen MR) is 73.8 cm³/mol. The molecule has 0 aliphatic rings. The molecule has 0 spiro atoms. The Morgan fingerprint density at radius 1 is 1.28 bits per heavy atom. The van der Waals surface area contributed by atoms with Crippen LogP contribution in [0.4, 0.5) is 5.69 Å². The van der Waals surface area contributed by atoms with E-state index < -0.39 is 0 Å². The molecule has 0 bridgehead atoms. The first-order chi connectivity index (χ1) is 8.74. The van der Waals surface area contributed by atoms with Gasteiger partial charge in [0.05, 0.1) is 37.7 Å². The fourth-order valence-electron chi connectivity index (χ4n) is 1.74. The lowest BCUT2D eigenvalue weighted by Gasteiger charge is -2.21. The molecule has 1 aromatic heterocycles. The van der Waals surface area contributed by atoms with Crippen molar-refractivity contribution < 1.29 is 9.47 Å². The molecule has 0 atom stereocenters. The number of aromatic nitrogens is 1. The minimum Gasteiger partial charge on any atom is -0.497 e. The smallest absolute Gasteiger partial charge is 0.145 e. The predicted octanol–water partition coefficient (Wildman–Crippen LogP) is 2.80. The highest BCUT2D eigenvalue weighted by Crippen LogP contribution is 2.32. The molecule has 18 heavy (non-hydrogen) atoms. The van der Waals surface area contributed by atoms with Crippen molar-refractivity contribution in [1.82, 2.24) is 4.98 Å². The van der Waals surface area contributed by atoms with E-state index in [4.69, 9.17) is 9.47 Å². The molecule has 0 unspecified atom stereocenters. The summed E-state index contributed by atoms with van der Waals surface area (Å²) in [6.07, 6.45) is 0. The number of thiazole rings is 1.